The Morgan fingerprint density at radius 1 is 1.08 bits per heavy atom. The highest BCUT2D eigenvalue weighted by molar-refractivity contribution is 7.99. The molecule has 0 radical (unpaired) electrons. The molecule has 1 aliphatic rings. The van der Waals surface area contributed by atoms with E-state index in [9.17, 15) is 0 Å². The molecule has 1 heterocycles. The van der Waals surface area contributed by atoms with E-state index in [1.807, 2.05) is 12.1 Å². The Morgan fingerprint density at radius 3 is 2.69 bits per heavy atom. The molecule has 0 saturated heterocycles. The van der Waals surface area contributed by atoms with E-state index in [1.165, 1.54) is 24.0 Å². The highest BCUT2D eigenvalue weighted by atomic mass is 32.2. The molecule has 1 aromatic heterocycles. The van der Waals surface area contributed by atoms with E-state index in [4.69, 9.17) is 4.74 Å². The van der Waals surface area contributed by atoms with Crippen LogP contribution in [0.2, 0.25) is 0 Å². The molecule has 4 rings (SSSR count). The quantitative estimate of drug-likeness (QED) is 0.429. The Morgan fingerprint density at radius 2 is 1.92 bits per heavy atom. The fraction of sp³-hybridized carbons (Fsp3) is 0.333. The van der Waals surface area contributed by atoms with Crippen LogP contribution in [0.1, 0.15) is 35.7 Å². The van der Waals surface area contributed by atoms with Crippen LogP contribution in [-0.4, -0.2) is 27.1 Å². The first-order valence-corrected chi connectivity index (χ1v) is 10.1. The second-order valence-corrected chi connectivity index (χ2v) is 7.76. The molecule has 0 aliphatic heterocycles. The van der Waals surface area contributed by atoms with Crippen molar-refractivity contribution in [1.29, 1.82) is 0 Å². The van der Waals surface area contributed by atoms with E-state index in [0.29, 0.717) is 12.5 Å². The van der Waals surface area contributed by atoms with Gasteiger partial charge in [-0.05, 0) is 43.0 Å². The van der Waals surface area contributed by atoms with Crippen molar-refractivity contribution in [3.63, 3.8) is 0 Å². The summed E-state index contributed by atoms with van der Waals surface area (Å²) in [6.45, 7) is 3.57. The van der Waals surface area contributed by atoms with Crippen molar-refractivity contribution >= 4 is 11.8 Å². The first-order chi connectivity index (χ1) is 12.8. The molecule has 2 aromatic carbocycles. The number of thioether (sulfide) groups is 1. The van der Waals surface area contributed by atoms with Gasteiger partial charge >= 0.3 is 0 Å². The summed E-state index contributed by atoms with van der Waals surface area (Å²) in [5, 5.41) is 9.92. The number of hydrogen-bond acceptors (Lipinski definition) is 4. The number of aromatic nitrogens is 3. The summed E-state index contributed by atoms with van der Waals surface area (Å²) in [6, 6.07) is 18.7. The number of ether oxygens (including phenoxy) is 1. The number of rotatable bonds is 8. The van der Waals surface area contributed by atoms with Crippen molar-refractivity contribution in [2.45, 2.75) is 37.4 Å². The van der Waals surface area contributed by atoms with Crippen molar-refractivity contribution in [3.05, 3.63) is 71.5 Å². The van der Waals surface area contributed by atoms with E-state index >= 15 is 0 Å². The summed E-state index contributed by atoms with van der Waals surface area (Å²) in [7, 11) is 0. The highest BCUT2D eigenvalue weighted by Gasteiger charge is 2.30. The Labute approximate surface area is 158 Å². The third-order valence-electron chi connectivity index (χ3n) is 4.44. The Bertz CT molecular complexity index is 859. The maximum absolute atomic E-state index is 5.86. The molecular formula is C21H23N3OS. The normalized spacial score (nSPS) is 13.7. The van der Waals surface area contributed by atoms with Crippen molar-refractivity contribution in [2.75, 3.05) is 12.4 Å². The fourth-order valence-electron chi connectivity index (χ4n) is 2.96. The average molecular weight is 366 g/mol. The molecule has 0 bridgehead atoms. The molecule has 5 heteroatoms. The average Bonchev–Trinajstić information content (AvgIpc) is 3.42. The highest BCUT2D eigenvalue weighted by Crippen LogP contribution is 2.40. The molecule has 1 fully saturated rings. The maximum atomic E-state index is 5.86. The smallest absolute Gasteiger partial charge is 0.191 e. The van der Waals surface area contributed by atoms with Crippen LogP contribution < -0.4 is 4.74 Å². The third kappa shape index (κ3) is 4.28. The molecule has 0 atom stereocenters. The summed E-state index contributed by atoms with van der Waals surface area (Å²) in [5.74, 6) is 3.50. The second kappa shape index (κ2) is 7.96. The molecule has 3 aromatic rings. The largest absolute Gasteiger partial charge is 0.493 e. The SMILES string of the molecule is Cc1cccc(OCCSc2nnc(C3CC3)n2Cc2ccccc2)c1. The molecule has 0 amide bonds. The Balaban J connectivity index is 1.39. The minimum absolute atomic E-state index is 0.587. The number of aryl methyl sites for hydroxylation is 1. The van der Waals surface area contributed by atoms with Gasteiger partial charge in [-0.2, -0.15) is 0 Å². The third-order valence-corrected chi connectivity index (χ3v) is 5.38. The lowest BCUT2D eigenvalue weighted by molar-refractivity contribution is 0.343. The van der Waals surface area contributed by atoms with Gasteiger partial charge in [0.1, 0.15) is 11.6 Å². The van der Waals surface area contributed by atoms with Gasteiger partial charge in [-0.25, -0.2) is 0 Å². The predicted molar refractivity (Wildman–Crippen MR) is 105 cm³/mol. The zero-order valence-corrected chi connectivity index (χ0v) is 15.8. The van der Waals surface area contributed by atoms with E-state index < -0.39 is 0 Å². The summed E-state index contributed by atoms with van der Waals surface area (Å²) in [5.41, 5.74) is 2.50. The standard InChI is InChI=1S/C21H23N3OS/c1-16-6-5-9-19(14-16)25-12-13-26-21-23-22-20(18-10-11-18)24(21)15-17-7-3-2-4-8-17/h2-9,14,18H,10-13,15H2,1H3. The molecule has 26 heavy (non-hydrogen) atoms. The van der Waals surface area contributed by atoms with Crippen LogP contribution in [0.5, 0.6) is 5.75 Å². The fourth-order valence-corrected chi connectivity index (χ4v) is 3.72. The first kappa shape index (κ1) is 17.2. The van der Waals surface area contributed by atoms with Gasteiger partial charge in [0.05, 0.1) is 13.2 Å². The minimum atomic E-state index is 0.587. The van der Waals surface area contributed by atoms with Gasteiger partial charge in [0, 0.05) is 11.7 Å². The molecule has 1 aliphatic carbocycles. The van der Waals surface area contributed by atoms with Crippen LogP contribution in [0.4, 0.5) is 0 Å². The molecule has 4 nitrogen and oxygen atoms in total. The number of hydrogen-bond donors (Lipinski definition) is 0. The van der Waals surface area contributed by atoms with Gasteiger partial charge < -0.3 is 9.30 Å². The summed E-state index contributed by atoms with van der Waals surface area (Å²) in [6.07, 6.45) is 2.46. The minimum Gasteiger partial charge on any atom is -0.493 e. The lowest BCUT2D eigenvalue weighted by Gasteiger charge is -2.10. The van der Waals surface area contributed by atoms with Gasteiger partial charge in [0.25, 0.3) is 0 Å². The van der Waals surface area contributed by atoms with Crippen molar-refractivity contribution in [3.8, 4) is 5.75 Å². The van der Waals surface area contributed by atoms with Crippen LogP contribution in [0, 0.1) is 6.92 Å². The number of nitrogens with zero attached hydrogens (tertiary/aromatic N) is 3. The van der Waals surface area contributed by atoms with Crippen molar-refractivity contribution < 1.29 is 4.74 Å². The summed E-state index contributed by atoms with van der Waals surface area (Å²) < 4.78 is 8.14. The Hall–Kier alpha value is -2.27. The second-order valence-electron chi connectivity index (χ2n) is 6.70. The first-order valence-electron chi connectivity index (χ1n) is 9.09. The van der Waals surface area contributed by atoms with E-state index in [-0.39, 0.29) is 0 Å². The predicted octanol–water partition coefficient (Wildman–Crippen LogP) is 4.68. The van der Waals surface area contributed by atoms with Gasteiger partial charge in [0.2, 0.25) is 0 Å². The van der Waals surface area contributed by atoms with Crippen LogP contribution in [-0.2, 0) is 6.54 Å². The molecule has 0 N–H and O–H groups in total. The van der Waals surface area contributed by atoms with E-state index in [1.54, 1.807) is 11.8 Å². The number of benzene rings is 2. The maximum Gasteiger partial charge on any atom is 0.191 e. The zero-order chi connectivity index (χ0) is 17.8. The lowest BCUT2D eigenvalue weighted by Crippen LogP contribution is -2.07. The van der Waals surface area contributed by atoms with Gasteiger partial charge in [0.15, 0.2) is 5.16 Å². The summed E-state index contributed by atoms with van der Waals surface area (Å²) in [4.78, 5) is 0. The lowest BCUT2D eigenvalue weighted by atomic mass is 10.2. The molecule has 0 spiro atoms. The molecule has 1 saturated carbocycles. The van der Waals surface area contributed by atoms with Crippen LogP contribution in [0.15, 0.2) is 59.8 Å². The molecular weight excluding hydrogens is 342 g/mol. The molecule has 0 unspecified atom stereocenters. The van der Waals surface area contributed by atoms with Gasteiger partial charge in [-0.15, -0.1) is 10.2 Å². The Kier molecular flexibility index (Phi) is 5.25. The monoisotopic (exact) mass is 365 g/mol. The van der Waals surface area contributed by atoms with E-state index in [2.05, 4.69) is 64.2 Å². The van der Waals surface area contributed by atoms with Crippen LogP contribution >= 0.6 is 11.8 Å². The van der Waals surface area contributed by atoms with Crippen LogP contribution in [0.3, 0.4) is 0 Å². The van der Waals surface area contributed by atoms with Gasteiger partial charge in [-0.1, -0.05) is 54.2 Å². The van der Waals surface area contributed by atoms with Crippen molar-refractivity contribution in [2.24, 2.45) is 0 Å². The van der Waals surface area contributed by atoms with E-state index in [0.717, 1.165) is 29.0 Å². The molecule has 134 valence electrons. The zero-order valence-electron chi connectivity index (χ0n) is 15.0. The van der Waals surface area contributed by atoms with Gasteiger partial charge in [-0.3, -0.25) is 0 Å². The summed E-state index contributed by atoms with van der Waals surface area (Å²) >= 11 is 1.72. The topological polar surface area (TPSA) is 39.9 Å². The van der Waals surface area contributed by atoms with Crippen LogP contribution in [0.25, 0.3) is 0 Å². The van der Waals surface area contributed by atoms with Crippen molar-refractivity contribution in [1.82, 2.24) is 14.8 Å².